The van der Waals surface area contributed by atoms with E-state index < -0.39 is 0 Å². The largest absolute Gasteiger partial charge is 0.506 e. The van der Waals surface area contributed by atoms with Crippen molar-refractivity contribution in [1.82, 2.24) is 0 Å². The molecule has 0 radical (unpaired) electrons. The van der Waals surface area contributed by atoms with E-state index in [1.165, 1.54) is 11.8 Å². The van der Waals surface area contributed by atoms with Crippen molar-refractivity contribution in [3.8, 4) is 5.75 Å². The van der Waals surface area contributed by atoms with Gasteiger partial charge in [-0.3, -0.25) is 4.79 Å². The van der Waals surface area contributed by atoms with Crippen LogP contribution in [0.3, 0.4) is 0 Å². The summed E-state index contributed by atoms with van der Waals surface area (Å²) in [4.78, 5) is 12.3. The second kappa shape index (κ2) is 8.08. The molecule has 3 nitrogen and oxygen atoms in total. The van der Waals surface area contributed by atoms with Gasteiger partial charge in [-0.05, 0) is 34.2 Å². The molecule has 2 N–H and O–H groups in total. The predicted octanol–water partition coefficient (Wildman–Crippen LogP) is 5.37. The number of hydrogen-bond acceptors (Lipinski definition) is 4. The molecule has 0 heterocycles. The quantitative estimate of drug-likeness (QED) is 0.586. The van der Waals surface area contributed by atoms with Gasteiger partial charge in [0.15, 0.2) is 5.12 Å². The predicted molar refractivity (Wildman–Crippen MR) is 106 cm³/mol. The van der Waals surface area contributed by atoms with Crippen LogP contribution < -0.4 is 5.32 Å². The lowest BCUT2D eigenvalue weighted by Crippen LogP contribution is -2.15. The third kappa shape index (κ3) is 4.15. The van der Waals surface area contributed by atoms with Crippen LogP contribution in [-0.4, -0.2) is 16.0 Å². The van der Waals surface area contributed by atoms with Crippen molar-refractivity contribution in [2.75, 3.05) is 11.1 Å². The van der Waals surface area contributed by atoms with Crippen molar-refractivity contribution in [1.29, 1.82) is 0 Å². The third-order valence-corrected chi connectivity index (χ3v) is 4.89. The van der Waals surface area contributed by atoms with Crippen molar-refractivity contribution in [2.24, 2.45) is 0 Å². The second-order valence-corrected chi connectivity index (χ2v) is 7.11. The molecule has 3 aromatic carbocycles. The molecule has 4 heteroatoms. The number of benzene rings is 3. The summed E-state index contributed by atoms with van der Waals surface area (Å²) in [5.74, 6) is 0.945. The van der Waals surface area contributed by atoms with E-state index in [1.807, 2.05) is 43.3 Å². The fraction of sp³-hybridized carbons (Fsp3) is 0.190. The summed E-state index contributed by atoms with van der Waals surface area (Å²) >= 11 is 1.33. The first kappa shape index (κ1) is 17.4. The van der Waals surface area contributed by atoms with Gasteiger partial charge in [0.2, 0.25) is 0 Å². The zero-order valence-corrected chi connectivity index (χ0v) is 14.9. The highest BCUT2D eigenvalue weighted by molar-refractivity contribution is 8.13. The zero-order valence-electron chi connectivity index (χ0n) is 14.1. The van der Waals surface area contributed by atoms with Gasteiger partial charge in [0, 0.05) is 6.42 Å². The molecule has 0 bridgehead atoms. The van der Waals surface area contributed by atoms with Gasteiger partial charge in [-0.25, -0.2) is 0 Å². The minimum Gasteiger partial charge on any atom is -0.506 e. The summed E-state index contributed by atoms with van der Waals surface area (Å²) in [5.41, 5.74) is 1.70. The van der Waals surface area contributed by atoms with Crippen LogP contribution in [0.5, 0.6) is 5.75 Å². The number of para-hydroxylation sites is 2. The van der Waals surface area contributed by atoms with E-state index >= 15 is 0 Å². The Balaban J connectivity index is 2.00. The number of nitrogens with one attached hydrogen (secondary N) is 1. The molecule has 0 saturated heterocycles. The van der Waals surface area contributed by atoms with Crippen LogP contribution in [0.1, 0.15) is 24.9 Å². The monoisotopic (exact) mass is 351 g/mol. The number of carbonyl (C=O) groups excluding carboxylic acids is 1. The van der Waals surface area contributed by atoms with Crippen LogP contribution >= 0.6 is 11.8 Å². The maximum absolute atomic E-state index is 12.3. The second-order valence-electron chi connectivity index (χ2n) is 5.79. The summed E-state index contributed by atoms with van der Waals surface area (Å²) in [6.07, 6.45) is 0.362. The van der Waals surface area contributed by atoms with Crippen LogP contribution in [0.15, 0.2) is 66.7 Å². The number of hydrogen-bond donors (Lipinski definition) is 2. The van der Waals surface area contributed by atoms with Crippen LogP contribution in [0, 0.1) is 0 Å². The molecular formula is C21H21NO2S. The van der Waals surface area contributed by atoms with E-state index in [4.69, 9.17) is 0 Å². The minimum absolute atomic E-state index is 0.142. The van der Waals surface area contributed by atoms with Gasteiger partial charge in [-0.2, -0.15) is 0 Å². The van der Waals surface area contributed by atoms with Gasteiger partial charge in [-0.1, -0.05) is 73.3 Å². The van der Waals surface area contributed by atoms with Crippen LogP contribution in [-0.2, 0) is 4.79 Å². The minimum atomic E-state index is -0.203. The summed E-state index contributed by atoms with van der Waals surface area (Å²) in [6, 6.07) is 21.2. The molecule has 0 aliphatic rings. The van der Waals surface area contributed by atoms with Crippen molar-refractivity contribution in [2.45, 2.75) is 19.4 Å². The molecule has 3 aromatic rings. The van der Waals surface area contributed by atoms with Gasteiger partial charge >= 0.3 is 0 Å². The molecule has 1 unspecified atom stereocenters. The SMILES string of the molecule is CCSC(=O)CC(Nc1ccccc1O)c1cccc2ccccc12. The number of thioether (sulfide) groups is 1. The van der Waals surface area contributed by atoms with Crippen LogP contribution in [0.4, 0.5) is 5.69 Å². The summed E-state index contributed by atoms with van der Waals surface area (Å²) in [6.45, 7) is 1.98. The maximum atomic E-state index is 12.3. The Morgan fingerprint density at radius 3 is 2.56 bits per heavy atom. The number of fused-ring (bicyclic) bond motifs is 1. The molecule has 3 rings (SSSR count). The normalized spacial score (nSPS) is 12.0. The maximum Gasteiger partial charge on any atom is 0.191 e. The molecule has 0 aliphatic heterocycles. The first-order valence-electron chi connectivity index (χ1n) is 8.37. The van der Waals surface area contributed by atoms with Crippen molar-refractivity contribution in [3.63, 3.8) is 0 Å². The fourth-order valence-corrected chi connectivity index (χ4v) is 3.57. The highest BCUT2D eigenvalue weighted by Crippen LogP contribution is 2.33. The molecule has 0 saturated carbocycles. The molecule has 0 aromatic heterocycles. The lowest BCUT2D eigenvalue weighted by Gasteiger charge is -2.22. The van der Waals surface area contributed by atoms with Gasteiger partial charge in [-0.15, -0.1) is 0 Å². The van der Waals surface area contributed by atoms with Crippen molar-refractivity contribution >= 4 is 33.3 Å². The third-order valence-electron chi connectivity index (χ3n) is 4.11. The number of anilines is 1. The molecule has 0 amide bonds. The van der Waals surface area contributed by atoms with Gasteiger partial charge in [0.25, 0.3) is 0 Å². The highest BCUT2D eigenvalue weighted by atomic mass is 32.2. The standard InChI is InChI=1S/C21H21NO2S/c1-2-25-21(24)14-19(22-18-12-5-6-13-20(18)23)17-11-7-9-15-8-3-4-10-16(15)17/h3-13,19,22-23H,2,14H2,1H3. The topological polar surface area (TPSA) is 49.3 Å². The summed E-state index contributed by atoms with van der Waals surface area (Å²) in [7, 11) is 0. The van der Waals surface area contributed by atoms with Gasteiger partial charge in [0.05, 0.1) is 11.7 Å². The first-order valence-corrected chi connectivity index (χ1v) is 9.35. The number of carbonyl (C=O) groups is 1. The van der Waals surface area contributed by atoms with E-state index in [0.717, 1.165) is 22.1 Å². The molecule has 25 heavy (non-hydrogen) atoms. The smallest absolute Gasteiger partial charge is 0.191 e. The number of phenolic OH excluding ortho intramolecular Hbond substituents is 1. The Hall–Kier alpha value is -2.46. The van der Waals surface area contributed by atoms with E-state index in [2.05, 4.69) is 23.5 Å². The molecule has 0 spiro atoms. The molecule has 0 aliphatic carbocycles. The van der Waals surface area contributed by atoms with E-state index in [9.17, 15) is 9.90 Å². The highest BCUT2D eigenvalue weighted by Gasteiger charge is 2.19. The average Bonchev–Trinajstić information content (AvgIpc) is 2.63. The Bertz CT molecular complexity index is 873. The van der Waals surface area contributed by atoms with E-state index in [0.29, 0.717) is 12.1 Å². The summed E-state index contributed by atoms with van der Waals surface area (Å²) in [5, 5.41) is 15.9. The van der Waals surface area contributed by atoms with Gasteiger partial charge in [0.1, 0.15) is 5.75 Å². The lowest BCUT2D eigenvalue weighted by molar-refractivity contribution is -0.111. The summed E-state index contributed by atoms with van der Waals surface area (Å²) < 4.78 is 0. The number of aromatic hydroxyl groups is 1. The molecule has 0 fully saturated rings. The molecular weight excluding hydrogens is 330 g/mol. The Morgan fingerprint density at radius 2 is 1.76 bits per heavy atom. The zero-order chi connectivity index (χ0) is 17.6. The number of phenols is 1. The van der Waals surface area contributed by atoms with Gasteiger partial charge < -0.3 is 10.4 Å². The Morgan fingerprint density at radius 1 is 1.04 bits per heavy atom. The van der Waals surface area contributed by atoms with E-state index in [1.54, 1.807) is 12.1 Å². The van der Waals surface area contributed by atoms with Crippen molar-refractivity contribution < 1.29 is 9.90 Å². The molecule has 1 atom stereocenters. The van der Waals surface area contributed by atoms with Crippen LogP contribution in [0.2, 0.25) is 0 Å². The Labute approximate surface area is 152 Å². The fourth-order valence-electron chi connectivity index (χ4n) is 2.96. The number of rotatable bonds is 6. The van der Waals surface area contributed by atoms with E-state index in [-0.39, 0.29) is 16.9 Å². The van der Waals surface area contributed by atoms with Crippen LogP contribution in [0.25, 0.3) is 10.8 Å². The Kier molecular flexibility index (Phi) is 5.61. The molecule has 128 valence electrons. The average molecular weight is 351 g/mol. The lowest BCUT2D eigenvalue weighted by atomic mass is 9.96. The first-order chi connectivity index (χ1) is 12.2. The van der Waals surface area contributed by atoms with Crippen molar-refractivity contribution in [3.05, 3.63) is 72.3 Å².